The molecule has 0 bridgehead atoms. The molecule has 2 aromatic rings. The second kappa shape index (κ2) is 26.5. The molecule has 4 saturated heterocycles. The van der Waals surface area contributed by atoms with Gasteiger partial charge in [0.2, 0.25) is 0 Å². The summed E-state index contributed by atoms with van der Waals surface area (Å²) < 4.78 is 66.7. The van der Waals surface area contributed by atoms with Gasteiger partial charge in [-0.2, -0.15) is 0 Å². The predicted octanol–water partition coefficient (Wildman–Crippen LogP) is 5.93. The number of alkyl halides is 1. The lowest BCUT2D eigenvalue weighted by molar-refractivity contribution is -0.308. The predicted molar refractivity (Wildman–Crippen MR) is 279 cm³/mol. The van der Waals surface area contributed by atoms with Crippen LogP contribution in [0.1, 0.15) is 149 Å². The first-order valence-corrected chi connectivity index (χ1v) is 27.6. The lowest BCUT2D eigenvalue weighted by Gasteiger charge is -2.48. The molecule has 19 heteroatoms. The highest BCUT2D eigenvalue weighted by molar-refractivity contribution is 5.73. The van der Waals surface area contributed by atoms with Crippen molar-refractivity contribution in [3.63, 3.8) is 0 Å². The average molecular weight is 1060 g/mol. The average Bonchev–Trinajstić information content (AvgIpc) is 3.86. The van der Waals surface area contributed by atoms with E-state index in [1.807, 2.05) is 58.8 Å². The molecule has 4 N–H and O–H groups in total. The minimum atomic E-state index is -1.82. The Hall–Kier alpha value is -2.76. The highest BCUT2D eigenvalue weighted by Gasteiger charge is 2.52. The summed E-state index contributed by atoms with van der Waals surface area (Å²) in [6, 6.07) is 6.99. The topological polar surface area (TPSA) is 209 Å². The van der Waals surface area contributed by atoms with Gasteiger partial charge in [-0.05, 0) is 118 Å². The molecule has 6 rings (SSSR count). The van der Waals surface area contributed by atoms with Crippen LogP contribution in [-0.4, -0.2) is 197 Å². The van der Waals surface area contributed by atoms with Crippen molar-refractivity contribution in [3.8, 4) is 0 Å². The number of aliphatic hydroxyl groups is 4. The summed E-state index contributed by atoms with van der Waals surface area (Å²) in [5.41, 5.74) is -1.56. The Morgan fingerprint density at radius 1 is 0.933 bits per heavy atom. The monoisotopic (exact) mass is 1060 g/mol. The molecule has 0 saturated carbocycles. The summed E-state index contributed by atoms with van der Waals surface area (Å²) in [4.78, 5) is 18.7. The summed E-state index contributed by atoms with van der Waals surface area (Å²) >= 11 is 0. The van der Waals surface area contributed by atoms with Crippen LogP contribution in [0, 0.1) is 17.8 Å². The van der Waals surface area contributed by atoms with Gasteiger partial charge in [0.05, 0.1) is 47.2 Å². The Bertz CT molecular complexity index is 2060. The van der Waals surface area contributed by atoms with E-state index in [0.717, 1.165) is 31.6 Å². The van der Waals surface area contributed by atoms with Crippen molar-refractivity contribution in [2.75, 3.05) is 61.3 Å². The number of nitrogens with zero attached hydrogens (tertiary/aromatic N) is 5. The minimum Gasteiger partial charge on any atom is -0.459 e. The largest absolute Gasteiger partial charge is 0.459 e. The van der Waals surface area contributed by atoms with Crippen molar-refractivity contribution in [2.45, 2.75) is 223 Å². The van der Waals surface area contributed by atoms with Crippen molar-refractivity contribution in [3.05, 3.63) is 47.3 Å². The summed E-state index contributed by atoms with van der Waals surface area (Å²) in [5.74, 6) is -2.10. The van der Waals surface area contributed by atoms with Crippen LogP contribution in [0.2, 0.25) is 0 Å². The molecule has 0 unspecified atom stereocenters. The van der Waals surface area contributed by atoms with Gasteiger partial charge >= 0.3 is 5.97 Å². The first-order valence-electron chi connectivity index (χ1n) is 27.6. The zero-order valence-electron chi connectivity index (χ0n) is 47.5. The van der Waals surface area contributed by atoms with Gasteiger partial charge in [0.15, 0.2) is 12.6 Å². The van der Waals surface area contributed by atoms with Gasteiger partial charge in [0.1, 0.15) is 42.7 Å². The Balaban J connectivity index is 1.22. The van der Waals surface area contributed by atoms with Gasteiger partial charge < -0.3 is 68.1 Å². The van der Waals surface area contributed by atoms with Crippen molar-refractivity contribution < 1.29 is 67.5 Å². The number of aromatic nitrogens is 3. The van der Waals surface area contributed by atoms with E-state index in [-0.39, 0.29) is 37.3 Å². The first kappa shape index (κ1) is 61.5. The smallest absolute Gasteiger partial charge is 0.311 e. The lowest BCUT2D eigenvalue weighted by atomic mass is 9.77. The third-order valence-corrected chi connectivity index (χ3v) is 17.4. The van der Waals surface area contributed by atoms with Crippen molar-refractivity contribution >= 4 is 5.97 Å². The molecule has 0 spiro atoms. The van der Waals surface area contributed by atoms with Crippen molar-refractivity contribution in [2.24, 2.45) is 17.8 Å². The number of hydrogen-bond donors (Lipinski definition) is 4. The van der Waals surface area contributed by atoms with Crippen molar-refractivity contribution in [1.82, 2.24) is 24.8 Å². The molecule has 0 radical (unpaired) electrons. The van der Waals surface area contributed by atoms with E-state index in [1.54, 1.807) is 52.6 Å². The Morgan fingerprint density at radius 2 is 1.61 bits per heavy atom. The van der Waals surface area contributed by atoms with Gasteiger partial charge in [0, 0.05) is 84.0 Å². The summed E-state index contributed by atoms with van der Waals surface area (Å²) in [5, 5.41) is 56.4. The number of cyclic esters (lactones) is 1. The Morgan fingerprint density at radius 3 is 2.24 bits per heavy atom. The number of ether oxygens (including phenoxy) is 8. The molecular weight excluding hydrogens is 970 g/mol. The summed E-state index contributed by atoms with van der Waals surface area (Å²) in [6.07, 6.45) is -2.46. The second-order valence-corrected chi connectivity index (χ2v) is 23.4. The second-order valence-electron chi connectivity index (χ2n) is 23.4. The Kier molecular flexibility index (Phi) is 21.7. The number of methoxy groups -OCH3 is 2. The van der Waals surface area contributed by atoms with E-state index in [2.05, 4.69) is 27.3 Å². The van der Waals surface area contributed by atoms with Crippen LogP contribution in [-0.2, 0) is 49.1 Å². The molecule has 0 amide bonds. The number of carbonyl (C=O) groups is 1. The molecule has 4 fully saturated rings. The number of likely N-dealkylation sites (N-methyl/N-ethyl adjacent to an activating group) is 2. The number of rotatable bonds is 16. The molecule has 1 aromatic heterocycles. The Labute approximate surface area is 446 Å². The van der Waals surface area contributed by atoms with Crippen LogP contribution in [0.15, 0.2) is 30.5 Å². The third kappa shape index (κ3) is 14.7. The molecule has 0 aliphatic carbocycles. The van der Waals surface area contributed by atoms with Gasteiger partial charge in [-0.25, -0.2) is 9.07 Å². The molecular formula is C56H94FN5O13. The normalized spacial score (nSPS) is 39.4. The van der Waals surface area contributed by atoms with E-state index >= 15 is 0 Å². The van der Waals surface area contributed by atoms with E-state index in [9.17, 15) is 29.6 Å². The number of benzene rings is 1. The number of carbonyl (C=O) groups excluding carboxylic acids is 1. The fourth-order valence-corrected chi connectivity index (χ4v) is 12.5. The van der Waals surface area contributed by atoms with Crippen molar-refractivity contribution in [1.29, 1.82) is 0 Å². The van der Waals surface area contributed by atoms with E-state index < -0.39 is 109 Å². The quantitative estimate of drug-likeness (QED) is 0.144. The van der Waals surface area contributed by atoms with Crippen LogP contribution in [0.4, 0.5) is 4.39 Å². The molecule has 1 aromatic carbocycles. The highest BCUT2D eigenvalue weighted by Crippen LogP contribution is 2.41. The van der Waals surface area contributed by atoms with Gasteiger partial charge in [-0.1, -0.05) is 50.3 Å². The molecule has 19 atom stereocenters. The lowest BCUT2D eigenvalue weighted by Crippen LogP contribution is -2.59. The molecule has 4 aliphatic heterocycles. The standard InChI is InChI=1S/C56H94FN5O13/c1-15-45-56(10,67)50(63)37(6)61(12)31-33(2)28-54(8,66)52(35(4)48(36(5)53(65)73-45)74-47-29-55(9,69-14)51(64)38(7)72-47)75-46-27-43(26-34(3)71-46)60(11)23-20-42-32-62(59-58-42)44(30-57)49(68-13)41-18-16-39(17-19-41)40-21-24-70-25-22-40/h16-19,32-38,40,43-52,63-64,66-67H,15,20-31H2,1-14H3/t33-,34-,35+,36-,37-,38+,43+,44-,45-,46+,47+,48+,49-,50-,51+,52-,54-,55-,56-/m1/s1. The SMILES string of the molecule is CC[C@H]1OC(=O)[C@H](C)[C@@H](O[C@H]2C[C@@](C)(OC)[C@@H](O)[C@H](C)O2)[C@H](C)[C@@H](O[C@H]2C[C@@H](N(C)CCc3cn([C@H](CF)[C@H](OC)c4ccc(C5CCOCC5)cc4)nn3)C[C@@H](C)O2)[C@](C)(O)C[C@@H](C)CN(C)[C@H](C)[C@@H](O)[C@]1(C)O. The molecule has 75 heavy (non-hydrogen) atoms. The maximum atomic E-state index is 14.9. The van der Waals surface area contributed by atoms with Gasteiger partial charge in [-0.15, -0.1) is 5.10 Å². The van der Waals surface area contributed by atoms with Crippen LogP contribution >= 0.6 is 0 Å². The number of hydrogen-bond acceptors (Lipinski definition) is 17. The molecule has 18 nitrogen and oxygen atoms in total. The number of halogens is 1. The number of aliphatic hydroxyl groups excluding tert-OH is 2. The zero-order valence-corrected chi connectivity index (χ0v) is 47.5. The minimum absolute atomic E-state index is 0.00707. The first-order chi connectivity index (χ1) is 35.4. The number of esters is 1. The van der Waals surface area contributed by atoms with Crippen LogP contribution in [0.3, 0.4) is 0 Å². The zero-order chi connectivity index (χ0) is 55.2. The van der Waals surface area contributed by atoms with Crippen LogP contribution in [0.5, 0.6) is 0 Å². The van der Waals surface area contributed by atoms with Gasteiger partial charge in [-0.3, -0.25) is 4.79 Å². The maximum Gasteiger partial charge on any atom is 0.311 e. The van der Waals surface area contributed by atoms with Gasteiger partial charge in [0.25, 0.3) is 0 Å². The fraction of sp³-hybridized carbons (Fsp3) is 0.839. The molecule has 4 aliphatic rings. The fourth-order valence-electron chi connectivity index (χ4n) is 12.5. The maximum absolute atomic E-state index is 14.9. The van der Waals surface area contributed by atoms with E-state index in [1.165, 1.54) is 19.6 Å². The third-order valence-electron chi connectivity index (χ3n) is 17.4. The summed E-state index contributed by atoms with van der Waals surface area (Å²) in [6.45, 7) is 19.8. The molecule has 5 heterocycles. The highest BCUT2D eigenvalue weighted by atomic mass is 19.1. The van der Waals surface area contributed by atoms with Crippen LogP contribution in [0.25, 0.3) is 0 Å². The summed E-state index contributed by atoms with van der Waals surface area (Å²) in [7, 11) is 7.02. The van der Waals surface area contributed by atoms with E-state index in [0.29, 0.717) is 44.0 Å². The van der Waals surface area contributed by atoms with E-state index in [4.69, 9.17) is 37.9 Å². The van der Waals surface area contributed by atoms with Crippen LogP contribution < -0.4 is 0 Å². The molecule has 428 valence electrons.